The van der Waals surface area contributed by atoms with Gasteiger partial charge in [0.05, 0.1) is 0 Å². The van der Waals surface area contributed by atoms with Crippen molar-refractivity contribution < 1.29 is 0 Å². The van der Waals surface area contributed by atoms with Crippen LogP contribution in [0.5, 0.6) is 0 Å². The third-order valence-corrected chi connectivity index (χ3v) is 5.80. The molecule has 2 saturated heterocycles. The van der Waals surface area contributed by atoms with Crippen molar-refractivity contribution in [1.29, 1.82) is 0 Å². The number of hydrogen-bond donors (Lipinski definition) is 2. The lowest BCUT2D eigenvalue weighted by Crippen LogP contribution is -2.42. The topological polar surface area (TPSA) is 30.5 Å². The van der Waals surface area contributed by atoms with Gasteiger partial charge in [0, 0.05) is 52.4 Å². The number of likely N-dealkylation sites (tertiary alicyclic amines) is 2. The Morgan fingerprint density at radius 3 is 1.56 bits per heavy atom. The molecular formula is C21H44N4. The van der Waals surface area contributed by atoms with Crippen molar-refractivity contribution in [2.75, 3.05) is 65.4 Å². The summed E-state index contributed by atoms with van der Waals surface area (Å²) in [5.74, 6) is 3.51. The van der Waals surface area contributed by atoms with E-state index in [-0.39, 0.29) is 0 Å². The number of nitrogens with zero attached hydrogens (tertiary/aromatic N) is 2. The van der Waals surface area contributed by atoms with Crippen LogP contribution in [-0.2, 0) is 0 Å². The summed E-state index contributed by atoms with van der Waals surface area (Å²) in [6, 6.07) is 0. The SMILES string of the molecule is CC1CC(C)CN(CCCNCCNCCN2CC(C)CC(C)C2)C1. The molecule has 4 heteroatoms. The van der Waals surface area contributed by atoms with E-state index in [0.717, 1.165) is 49.9 Å². The minimum absolute atomic E-state index is 0.872. The van der Waals surface area contributed by atoms with Gasteiger partial charge >= 0.3 is 0 Å². The van der Waals surface area contributed by atoms with Crippen LogP contribution >= 0.6 is 0 Å². The molecule has 2 aliphatic rings. The Labute approximate surface area is 157 Å². The molecule has 0 aliphatic carbocycles. The molecule has 148 valence electrons. The molecular weight excluding hydrogens is 308 g/mol. The van der Waals surface area contributed by atoms with Gasteiger partial charge in [0.2, 0.25) is 0 Å². The summed E-state index contributed by atoms with van der Waals surface area (Å²) in [7, 11) is 0. The van der Waals surface area contributed by atoms with Crippen LogP contribution in [0.4, 0.5) is 0 Å². The van der Waals surface area contributed by atoms with Crippen molar-refractivity contribution in [1.82, 2.24) is 20.4 Å². The highest BCUT2D eigenvalue weighted by molar-refractivity contribution is 4.76. The third-order valence-electron chi connectivity index (χ3n) is 5.80. The molecule has 25 heavy (non-hydrogen) atoms. The molecule has 0 aromatic carbocycles. The van der Waals surface area contributed by atoms with E-state index in [0.29, 0.717) is 0 Å². The molecule has 2 N–H and O–H groups in total. The quantitative estimate of drug-likeness (QED) is 0.592. The summed E-state index contributed by atoms with van der Waals surface area (Å²) in [6.07, 6.45) is 4.10. The van der Waals surface area contributed by atoms with E-state index < -0.39 is 0 Å². The van der Waals surface area contributed by atoms with Gasteiger partial charge < -0.3 is 20.4 Å². The third kappa shape index (κ3) is 8.85. The predicted octanol–water partition coefficient (Wildman–Crippen LogP) is 2.51. The standard InChI is InChI=1S/C21H44N4/c1-18-12-19(2)15-24(14-18)10-5-6-22-7-8-23-9-11-25-16-20(3)13-21(4)17-25/h18-23H,5-17H2,1-4H3. The van der Waals surface area contributed by atoms with Crippen LogP contribution in [-0.4, -0.2) is 75.2 Å². The molecule has 4 atom stereocenters. The average Bonchev–Trinajstić information content (AvgIpc) is 2.51. The molecule has 2 heterocycles. The molecule has 0 bridgehead atoms. The lowest BCUT2D eigenvalue weighted by molar-refractivity contribution is 0.139. The van der Waals surface area contributed by atoms with Crippen LogP contribution in [0.3, 0.4) is 0 Å². The van der Waals surface area contributed by atoms with E-state index >= 15 is 0 Å². The fraction of sp³-hybridized carbons (Fsp3) is 1.00. The fourth-order valence-corrected chi connectivity index (χ4v) is 5.04. The highest BCUT2D eigenvalue weighted by atomic mass is 15.2. The van der Waals surface area contributed by atoms with E-state index in [1.807, 2.05) is 0 Å². The summed E-state index contributed by atoms with van der Waals surface area (Å²) >= 11 is 0. The number of nitrogens with one attached hydrogen (secondary N) is 2. The predicted molar refractivity (Wildman–Crippen MR) is 109 cm³/mol. The molecule has 2 aliphatic heterocycles. The monoisotopic (exact) mass is 352 g/mol. The van der Waals surface area contributed by atoms with Gasteiger partial charge in [-0.1, -0.05) is 27.7 Å². The van der Waals surface area contributed by atoms with E-state index in [1.165, 1.54) is 58.5 Å². The highest BCUT2D eigenvalue weighted by Gasteiger charge is 2.21. The van der Waals surface area contributed by atoms with Crippen LogP contribution in [0.1, 0.15) is 47.0 Å². The summed E-state index contributed by atoms with van der Waals surface area (Å²) in [5.41, 5.74) is 0. The van der Waals surface area contributed by atoms with Gasteiger partial charge in [0.1, 0.15) is 0 Å². The van der Waals surface area contributed by atoms with Gasteiger partial charge in [-0.25, -0.2) is 0 Å². The van der Waals surface area contributed by atoms with Crippen molar-refractivity contribution in [2.45, 2.75) is 47.0 Å². The Hall–Kier alpha value is -0.160. The van der Waals surface area contributed by atoms with Crippen molar-refractivity contribution in [3.8, 4) is 0 Å². The zero-order valence-electron chi connectivity index (χ0n) is 17.4. The van der Waals surface area contributed by atoms with E-state index in [9.17, 15) is 0 Å². The average molecular weight is 353 g/mol. The zero-order chi connectivity index (χ0) is 18.1. The summed E-state index contributed by atoms with van der Waals surface area (Å²) in [4.78, 5) is 5.30. The lowest BCUT2D eigenvalue weighted by atomic mass is 9.92. The fourth-order valence-electron chi connectivity index (χ4n) is 5.04. The zero-order valence-corrected chi connectivity index (χ0v) is 17.4. The summed E-state index contributed by atoms with van der Waals surface area (Å²) < 4.78 is 0. The minimum Gasteiger partial charge on any atom is -0.315 e. The van der Waals surface area contributed by atoms with E-state index in [4.69, 9.17) is 0 Å². The Balaban J connectivity index is 1.39. The van der Waals surface area contributed by atoms with Crippen molar-refractivity contribution in [3.05, 3.63) is 0 Å². The summed E-state index contributed by atoms with van der Waals surface area (Å²) in [6.45, 7) is 21.7. The maximum absolute atomic E-state index is 3.60. The second-order valence-corrected chi connectivity index (χ2v) is 9.26. The molecule has 2 rings (SSSR count). The number of rotatable bonds is 10. The Kier molecular flexibility index (Phi) is 9.75. The molecule has 4 nitrogen and oxygen atoms in total. The first-order valence-corrected chi connectivity index (χ1v) is 10.9. The van der Waals surface area contributed by atoms with Gasteiger partial charge in [-0.2, -0.15) is 0 Å². The largest absolute Gasteiger partial charge is 0.315 e. The van der Waals surface area contributed by atoms with Crippen LogP contribution in [0, 0.1) is 23.7 Å². The molecule has 0 spiro atoms. The molecule has 0 radical (unpaired) electrons. The normalized spacial score (nSPS) is 32.2. The van der Waals surface area contributed by atoms with Crippen LogP contribution in [0.2, 0.25) is 0 Å². The van der Waals surface area contributed by atoms with Crippen molar-refractivity contribution in [2.24, 2.45) is 23.7 Å². The second-order valence-electron chi connectivity index (χ2n) is 9.26. The van der Waals surface area contributed by atoms with E-state index in [2.05, 4.69) is 48.1 Å². The molecule has 0 aromatic rings. The maximum atomic E-state index is 3.60. The van der Waals surface area contributed by atoms with E-state index in [1.54, 1.807) is 0 Å². The minimum atomic E-state index is 0.872. The summed E-state index contributed by atoms with van der Waals surface area (Å²) in [5, 5.41) is 7.20. The smallest absolute Gasteiger partial charge is 0.0107 e. The van der Waals surface area contributed by atoms with Crippen LogP contribution in [0.15, 0.2) is 0 Å². The number of hydrogen-bond acceptors (Lipinski definition) is 4. The van der Waals surface area contributed by atoms with Gasteiger partial charge in [-0.3, -0.25) is 0 Å². The van der Waals surface area contributed by atoms with Gasteiger partial charge in [0.15, 0.2) is 0 Å². The molecule has 2 fully saturated rings. The highest BCUT2D eigenvalue weighted by Crippen LogP contribution is 2.21. The van der Waals surface area contributed by atoms with Gasteiger partial charge in [0.25, 0.3) is 0 Å². The number of piperidine rings is 2. The maximum Gasteiger partial charge on any atom is 0.0107 e. The van der Waals surface area contributed by atoms with Crippen LogP contribution in [0.25, 0.3) is 0 Å². The molecule has 0 saturated carbocycles. The molecule has 0 amide bonds. The molecule has 4 unspecified atom stereocenters. The first-order chi connectivity index (χ1) is 12.0. The lowest BCUT2D eigenvalue weighted by Gasteiger charge is -2.35. The van der Waals surface area contributed by atoms with Crippen LogP contribution < -0.4 is 10.6 Å². The first kappa shape index (κ1) is 21.1. The first-order valence-electron chi connectivity index (χ1n) is 10.9. The van der Waals surface area contributed by atoms with Crippen molar-refractivity contribution in [3.63, 3.8) is 0 Å². The Bertz CT molecular complexity index is 297. The van der Waals surface area contributed by atoms with Gasteiger partial charge in [-0.05, 0) is 56.0 Å². The van der Waals surface area contributed by atoms with Crippen molar-refractivity contribution >= 4 is 0 Å². The Morgan fingerprint density at radius 2 is 1.04 bits per heavy atom. The molecule has 0 aromatic heterocycles. The Morgan fingerprint density at radius 1 is 0.600 bits per heavy atom. The van der Waals surface area contributed by atoms with Gasteiger partial charge in [-0.15, -0.1) is 0 Å². The second kappa shape index (κ2) is 11.5.